The zero-order chi connectivity index (χ0) is 17.9. The molecule has 1 aliphatic rings. The molecule has 4 heteroatoms. The van der Waals surface area contributed by atoms with Crippen LogP contribution in [0.25, 0.3) is 0 Å². The summed E-state index contributed by atoms with van der Waals surface area (Å²) in [4.78, 5) is 11.0. The molecule has 3 aromatic rings. The molecule has 4 rings (SSSR count). The van der Waals surface area contributed by atoms with Crippen LogP contribution in [0.1, 0.15) is 5.56 Å². The Morgan fingerprint density at radius 3 is 1.65 bits per heavy atom. The zero-order valence-electron chi connectivity index (χ0n) is 14.3. The van der Waals surface area contributed by atoms with Crippen LogP contribution in [0, 0.1) is 12.3 Å². The van der Waals surface area contributed by atoms with E-state index in [9.17, 15) is 0 Å². The Morgan fingerprint density at radius 1 is 0.769 bits per heavy atom. The molecule has 3 aromatic carbocycles. The van der Waals surface area contributed by atoms with Crippen molar-refractivity contribution in [1.82, 2.24) is 5.09 Å². The van der Waals surface area contributed by atoms with E-state index in [1.807, 2.05) is 66.7 Å². The summed E-state index contributed by atoms with van der Waals surface area (Å²) in [5.41, 5.74) is 0.931. The summed E-state index contributed by atoms with van der Waals surface area (Å²) in [5, 5.41) is 6.11. The molecule has 1 fully saturated rings. The van der Waals surface area contributed by atoms with E-state index in [0.717, 1.165) is 5.56 Å². The van der Waals surface area contributed by atoms with Crippen LogP contribution < -0.4 is 15.7 Å². The van der Waals surface area contributed by atoms with Crippen LogP contribution >= 0.6 is 7.41 Å². The first-order valence-corrected chi connectivity index (χ1v) is 10.8. The molecule has 130 valence electrons. The summed E-state index contributed by atoms with van der Waals surface area (Å²) in [6, 6.07) is 30.6. The van der Waals surface area contributed by atoms with Crippen molar-refractivity contribution in [3.8, 4) is 12.3 Å². The van der Waals surface area contributed by atoms with E-state index in [1.54, 1.807) is 0 Å². The molecule has 0 aliphatic carbocycles. The van der Waals surface area contributed by atoms with Crippen molar-refractivity contribution in [2.45, 2.75) is 5.91 Å². The molecule has 1 heterocycles. The zero-order valence-corrected chi connectivity index (χ0v) is 15.3. The number of benzene rings is 3. The van der Waals surface area contributed by atoms with Crippen molar-refractivity contribution in [2.75, 3.05) is 6.16 Å². The molecule has 0 amide bonds. The van der Waals surface area contributed by atoms with Gasteiger partial charge in [-0.1, -0.05) is 0 Å². The van der Waals surface area contributed by atoms with Crippen molar-refractivity contribution in [1.29, 1.82) is 0 Å². The van der Waals surface area contributed by atoms with Crippen LogP contribution in [-0.2, 0) is 15.7 Å². The summed E-state index contributed by atoms with van der Waals surface area (Å²) >= 11 is 0. The van der Waals surface area contributed by atoms with Gasteiger partial charge in [-0.3, -0.25) is 0 Å². The van der Waals surface area contributed by atoms with Crippen molar-refractivity contribution >= 4 is 18.0 Å². The van der Waals surface area contributed by atoms with E-state index in [4.69, 9.17) is 16.2 Å². The first-order valence-electron chi connectivity index (χ1n) is 8.55. The quantitative estimate of drug-likeness (QED) is 0.317. The summed E-state index contributed by atoms with van der Waals surface area (Å²) < 4.78 is 0. The van der Waals surface area contributed by atoms with Crippen molar-refractivity contribution < 1.29 is 9.78 Å². The molecular weight excluding hydrogens is 341 g/mol. The normalized spacial score (nSPS) is 15.8. The van der Waals surface area contributed by atoms with Crippen LogP contribution in [0.5, 0.6) is 0 Å². The predicted molar refractivity (Wildman–Crippen MR) is 108 cm³/mol. The summed E-state index contributed by atoms with van der Waals surface area (Å²) in [7, 11) is -2.54. The number of hydrogen-bond donors (Lipinski definition) is 1. The molecule has 1 N–H and O–H groups in total. The summed E-state index contributed by atoms with van der Waals surface area (Å²) in [6.45, 7) is 0. The third-order valence-electron chi connectivity index (χ3n) is 4.68. The fourth-order valence-electron chi connectivity index (χ4n) is 3.35. The maximum atomic E-state index is 5.83. The number of terminal acetylenes is 1. The van der Waals surface area contributed by atoms with Gasteiger partial charge in [0, 0.05) is 0 Å². The van der Waals surface area contributed by atoms with E-state index in [2.05, 4.69) is 35.3 Å². The van der Waals surface area contributed by atoms with Gasteiger partial charge in [0.25, 0.3) is 0 Å². The molecule has 0 aromatic heterocycles. The van der Waals surface area contributed by atoms with Crippen LogP contribution in [0.4, 0.5) is 0 Å². The topological polar surface area (TPSA) is 37.1 Å². The van der Waals surface area contributed by atoms with Crippen LogP contribution in [0.15, 0.2) is 91.0 Å². The Bertz CT molecular complexity index is 864. The number of nitrogens with one attached hydrogen (secondary N) is 1. The molecule has 26 heavy (non-hydrogen) atoms. The molecule has 1 saturated heterocycles. The van der Waals surface area contributed by atoms with E-state index < -0.39 is 13.3 Å². The second kappa shape index (κ2) is 7.03. The van der Waals surface area contributed by atoms with Gasteiger partial charge in [0.05, 0.1) is 0 Å². The monoisotopic (exact) mass is 361 g/mol. The molecule has 0 spiro atoms. The van der Waals surface area contributed by atoms with Gasteiger partial charge in [0.1, 0.15) is 0 Å². The average molecular weight is 361 g/mol. The van der Waals surface area contributed by atoms with Crippen molar-refractivity contribution in [3.63, 3.8) is 0 Å². The van der Waals surface area contributed by atoms with Crippen LogP contribution in [-0.4, -0.2) is 6.16 Å². The van der Waals surface area contributed by atoms with E-state index >= 15 is 0 Å². The first-order chi connectivity index (χ1) is 12.8. The Labute approximate surface area is 154 Å². The molecule has 1 aliphatic heterocycles. The first kappa shape index (κ1) is 17.0. The fourth-order valence-corrected chi connectivity index (χ4v) is 7.09. The number of rotatable bonds is 6. The summed E-state index contributed by atoms with van der Waals surface area (Å²) in [5.74, 6) is 1.95. The fraction of sp³-hybridized carbons (Fsp3) is 0.0909. The van der Waals surface area contributed by atoms with Crippen LogP contribution in [0.2, 0.25) is 0 Å². The predicted octanol–water partition coefficient (Wildman–Crippen LogP) is 3.30. The number of hydrogen-bond acceptors (Lipinski definition) is 3. The standard InChI is InChI=1S/C22H20NO2P/c1-2-18-26(20-14-8-4-9-15-20,21-16-10-5-11-17-21)23-22(24-25-22)19-12-6-3-7-13-19/h1,3-17,23,26H,18H2. The third-order valence-corrected chi connectivity index (χ3v) is 8.81. The van der Waals surface area contributed by atoms with Crippen molar-refractivity contribution in [3.05, 3.63) is 96.6 Å². The Hall–Kier alpha value is -2.47. The SMILES string of the molecule is C#CC[PH](NC1(c2ccccc2)OO1)(c1ccccc1)c1ccccc1. The van der Waals surface area contributed by atoms with Crippen LogP contribution in [0.3, 0.4) is 0 Å². The Balaban J connectivity index is 1.85. The molecule has 0 radical (unpaired) electrons. The third kappa shape index (κ3) is 3.05. The second-order valence-corrected chi connectivity index (χ2v) is 9.86. The summed E-state index contributed by atoms with van der Waals surface area (Å²) in [6.07, 6.45) is 6.42. The van der Waals surface area contributed by atoms with Gasteiger partial charge in [0.15, 0.2) is 0 Å². The molecule has 0 atom stereocenters. The second-order valence-electron chi connectivity index (χ2n) is 6.29. The molecule has 0 bridgehead atoms. The van der Waals surface area contributed by atoms with E-state index in [0.29, 0.717) is 6.16 Å². The average Bonchev–Trinajstić information content (AvgIpc) is 3.50. The Kier molecular flexibility index (Phi) is 4.59. The van der Waals surface area contributed by atoms with Gasteiger partial charge in [-0.25, -0.2) is 0 Å². The van der Waals surface area contributed by atoms with E-state index in [-0.39, 0.29) is 0 Å². The van der Waals surface area contributed by atoms with Gasteiger partial charge in [-0.2, -0.15) is 0 Å². The van der Waals surface area contributed by atoms with Gasteiger partial charge in [-0.15, -0.1) is 0 Å². The minimum atomic E-state index is -2.54. The van der Waals surface area contributed by atoms with Crippen molar-refractivity contribution in [2.24, 2.45) is 0 Å². The van der Waals surface area contributed by atoms with E-state index in [1.165, 1.54) is 10.6 Å². The molecule has 3 nitrogen and oxygen atoms in total. The van der Waals surface area contributed by atoms with Gasteiger partial charge in [-0.05, 0) is 0 Å². The van der Waals surface area contributed by atoms with Gasteiger partial charge in [0.2, 0.25) is 0 Å². The van der Waals surface area contributed by atoms with Gasteiger partial charge >= 0.3 is 154 Å². The molecule has 0 unspecified atom stereocenters. The molecular formula is C22H20NO2P. The van der Waals surface area contributed by atoms with Gasteiger partial charge < -0.3 is 0 Å². The minimum absolute atomic E-state index is 0.586. The Morgan fingerprint density at radius 2 is 1.23 bits per heavy atom. The maximum absolute atomic E-state index is 5.83. The molecule has 0 saturated carbocycles.